The van der Waals surface area contributed by atoms with Gasteiger partial charge in [0.2, 0.25) is 5.91 Å². The quantitative estimate of drug-likeness (QED) is 0.449. The lowest BCUT2D eigenvalue weighted by molar-refractivity contribution is -0.384. The maximum absolute atomic E-state index is 13.2. The summed E-state index contributed by atoms with van der Waals surface area (Å²) in [5.74, 6) is -0.0152. The smallest absolute Gasteiger partial charge is 0.294 e. The summed E-state index contributed by atoms with van der Waals surface area (Å²) < 4.78 is 0. The summed E-state index contributed by atoms with van der Waals surface area (Å²) in [7, 11) is 6.07. The Kier molecular flexibility index (Phi) is 7.28. The molecule has 2 aromatic rings. The summed E-state index contributed by atoms with van der Waals surface area (Å²) in [6, 6.07) is 13.5. The number of likely N-dealkylation sites (N-methyl/N-ethyl adjacent to an activating group) is 1. The molecule has 0 saturated carbocycles. The van der Waals surface area contributed by atoms with Crippen molar-refractivity contribution in [3.05, 3.63) is 57.6 Å². The lowest BCUT2D eigenvalue weighted by Gasteiger charge is -2.34. The van der Waals surface area contributed by atoms with Crippen molar-refractivity contribution < 1.29 is 9.72 Å². The SMILES string of the molecule is CN(C(=O)C1CCN(c2ccc(Cl)cc2[N+](=O)[O-])CC1)c1ccc(N2CCC(N(C)C)C2)cc1. The maximum atomic E-state index is 13.2. The molecule has 8 nitrogen and oxygen atoms in total. The Bertz CT molecular complexity index is 1040. The molecule has 1 unspecified atom stereocenters. The Hall–Kier alpha value is -2.84. The van der Waals surface area contributed by atoms with E-state index < -0.39 is 4.92 Å². The predicted molar refractivity (Wildman–Crippen MR) is 137 cm³/mol. The number of hydrogen-bond acceptors (Lipinski definition) is 6. The third kappa shape index (κ3) is 5.13. The number of nitro benzene ring substituents is 1. The lowest BCUT2D eigenvalue weighted by Crippen LogP contribution is -2.41. The third-order valence-corrected chi connectivity index (χ3v) is 7.38. The molecule has 1 amide bonds. The zero-order valence-corrected chi connectivity index (χ0v) is 20.7. The number of rotatable bonds is 6. The van der Waals surface area contributed by atoms with Crippen LogP contribution in [-0.2, 0) is 4.79 Å². The van der Waals surface area contributed by atoms with E-state index in [1.165, 1.54) is 11.8 Å². The molecule has 0 spiro atoms. The maximum Gasteiger partial charge on any atom is 0.294 e. The molecule has 182 valence electrons. The molecule has 0 N–H and O–H groups in total. The van der Waals surface area contributed by atoms with Gasteiger partial charge in [-0.3, -0.25) is 14.9 Å². The normalized spacial score (nSPS) is 19.0. The predicted octanol–water partition coefficient (Wildman–Crippen LogP) is 4.27. The van der Waals surface area contributed by atoms with E-state index >= 15 is 0 Å². The van der Waals surface area contributed by atoms with E-state index in [-0.39, 0.29) is 17.5 Å². The Balaban J connectivity index is 1.36. The molecule has 0 aromatic heterocycles. The topological polar surface area (TPSA) is 73.2 Å². The van der Waals surface area contributed by atoms with Crippen molar-refractivity contribution in [2.45, 2.75) is 25.3 Å². The van der Waals surface area contributed by atoms with Gasteiger partial charge in [0.25, 0.3) is 5.69 Å². The minimum atomic E-state index is -0.404. The van der Waals surface area contributed by atoms with Crippen molar-refractivity contribution in [2.75, 3.05) is 62.0 Å². The van der Waals surface area contributed by atoms with Crippen LogP contribution in [0.25, 0.3) is 0 Å². The second-order valence-corrected chi connectivity index (χ2v) is 9.85. The summed E-state index contributed by atoms with van der Waals surface area (Å²) >= 11 is 5.95. The summed E-state index contributed by atoms with van der Waals surface area (Å²) in [6.45, 7) is 3.24. The molecule has 2 heterocycles. The largest absolute Gasteiger partial charge is 0.370 e. The first kappa shape index (κ1) is 24.3. The molecule has 2 saturated heterocycles. The number of anilines is 3. The highest BCUT2D eigenvalue weighted by Crippen LogP contribution is 2.34. The molecule has 0 aliphatic carbocycles. The van der Waals surface area contributed by atoms with Crippen LogP contribution in [0.15, 0.2) is 42.5 Å². The van der Waals surface area contributed by atoms with Crippen LogP contribution in [0.1, 0.15) is 19.3 Å². The van der Waals surface area contributed by atoms with E-state index in [0.29, 0.717) is 42.7 Å². The summed E-state index contributed by atoms with van der Waals surface area (Å²) in [6.07, 6.45) is 2.46. The van der Waals surface area contributed by atoms with Crippen molar-refractivity contribution in [1.29, 1.82) is 0 Å². The van der Waals surface area contributed by atoms with Gasteiger partial charge in [0, 0.05) is 67.7 Å². The van der Waals surface area contributed by atoms with Crippen LogP contribution in [0.4, 0.5) is 22.7 Å². The van der Waals surface area contributed by atoms with Gasteiger partial charge in [-0.05, 0) is 69.8 Å². The molecule has 2 fully saturated rings. The zero-order valence-electron chi connectivity index (χ0n) is 20.0. The van der Waals surface area contributed by atoms with Gasteiger partial charge in [-0.1, -0.05) is 11.6 Å². The van der Waals surface area contributed by atoms with Crippen molar-refractivity contribution >= 4 is 40.3 Å². The van der Waals surface area contributed by atoms with Crippen LogP contribution in [0.5, 0.6) is 0 Å². The molecular weight excluding hydrogens is 454 g/mol. The van der Waals surface area contributed by atoms with Crippen molar-refractivity contribution in [3.63, 3.8) is 0 Å². The van der Waals surface area contributed by atoms with E-state index in [2.05, 4.69) is 36.0 Å². The number of carbonyl (C=O) groups excluding carboxylic acids is 1. The van der Waals surface area contributed by atoms with E-state index in [9.17, 15) is 14.9 Å². The first-order valence-electron chi connectivity index (χ1n) is 11.7. The summed E-state index contributed by atoms with van der Waals surface area (Å²) in [4.78, 5) is 32.6. The molecule has 9 heteroatoms. The second-order valence-electron chi connectivity index (χ2n) is 9.42. The average molecular weight is 486 g/mol. The number of amides is 1. The van der Waals surface area contributed by atoms with E-state index in [1.54, 1.807) is 17.0 Å². The number of hydrogen-bond donors (Lipinski definition) is 0. The highest BCUT2D eigenvalue weighted by atomic mass is 35.5. The van der Waals surface area contributed by atoms with Gasteiger partial charge < -0.3 is 19.6 Å². The Morgan fingerprint density at radius 1 is 1.00 bits per heavy atom. The molecule has 1 atom stereocenters. The molecule has 2 aromatic carbocycles. The monoisotopic (exact) mass is 485 g/mol. The van der Waals surface area contributed by atoms with Crippen LogP contribution in [0.3, 0.4) is 0 Å². The molecule has 34 heavy (non-hydrogen) atoms. The van der Waals surface area contributed by atoms with Gasteiger partial charge in [0.05, 0.1) is 4.92 Å². The number of halogens is 1. The van der Waals surface area contributed by atoms with Crippen molar-refractivity contribution in [3.8, 4) is 0 Å². The molecule has 4 rings (SSSR count). The van der Waals surface area contributed by atoms with E-state index in [4.69, 9.17) is 11.6 Å². The minimum absolute atomic E-state index is 0.00406. The number of nitrogens with zero attached hydrogens (tertiary/aromatic N) is 5. The van der Waals surface area contributed by atoms with Gasteiger partial charge in [-0.15, -0.1) is 0 Å². The number of piperidine rings is 1. The Labute approximate surface area is 205 Å². The van der Waals surface area contributed by atoms with Crippen molar-refractivity contribution in [2.24, 2.45) is 5.92 Å². The van der Waals surface area contributed by atoms with Gasteiger partial charge in [0.1, 0.15) is 5.69 Å². The van der Waals surface area contributed by atoms with E-state index in [0.717, 1.165) is 25.2 Å². The second kappa shape index (κ2) is 10.2. The Morgan fingerprint density at radius 3 is 2.24 bits per heavy atom. The third-order valence-electron chi connectivity index (χ3n) is 7.15. The first-order chi connectivity index (χ1) is 16.2. The van der Waals surface area contributed by atoms with Crippen LogP contribution in [-0.4, -0.2) is 69.1 Å². The highest BCUT2D eigenvalue weighted by Gasteiger charge is 2.30. The van der Waals surface area contributed by atoms with Gasteiger partial charge in [-0.2, -0.15) is 0 Å². The highest BCUT2D eigenvalue weighted by molar-refractivity contribution is 6.30. The molecule has 2 aliphatic rings. The fourth-order valence-corrected chi connectivity index (χ4v) is 5.13. The molecule has 2 aliphatic heterocycles. The fourth-order valence-electron chi connectivity index (χ4n) is 4.96. The van der Waals surface area contributed by atoms with E-state index in [1.807, 2.05) is 24.1 Å². The van der Waals surface area contributed by atoms with Gasteiger partial charge in [0.15, 0.2) is 0 Å². The zero-order chi connectivity index (χ0) is 24.4. The van der Waals surface area contributed by atoms with Crippen LogP contribution in [0.2, 0.25) is 5.02 Å². The molecule has 0 radical (unpaired) electrons. The standard InChI is InChI=1S/C25H32ClN5O3/c1-27(2)22-12-15-30(17-22)21-7-5-20(6-8-21)28(3)25(32)18-10-13-29(14-11-18)23-9-4-19(26)16-24(23)31(33)34/h4-9,16,18,22H,10-15,17H2,1-3H3. The molecular formula is C25H32ClN5O3. The number of carbonyl (C=O) groups is 1. The lowest BCUT2D eigenvalue weighted by atomic mass is 9.94. The van der Waals surface area contributed by atoms with Crippen molar-refractivity contribution in [1.82, 2.24) is 4.90 Å². The summed E-state index contributed by atoms with van der Waals surface area (Å²) in [5.41, 5.74) is 2.63. The Morgan fingerprint density at radius 2 is 1.65 bits per heavy atom. The minimum Gasteiger partial charge on any atom is -0.370 e. The first-order valence-corrected chi connectivity index (χ1v) is 12.1. The molecule has 0 bridgehead atoms. The average Bonchev–Trinajstić information content (AvgIpc) is 3.34. The van der Waals surface area contributed by atoms with Crippen LogP contribution in [0, 0.1) is 16.0 Å². The number of benzene rings is 2. The summed E-state index contributed by atoms with van der Waals surface area (Å²) in [5, 5.41) is 11.8. The number of nitro groups is 1. The fraction of sp³-hybridized carbons (Fsp3) is 0.480. The van der Waals surface area contributed by atoms with Crippen LogP contribution < -0.4 is 14.7 Å². The van der Waals surface area contributed by atoms with Gasteiger partial charge in [-0.25, -0.2) is 0 Å². The van der Waals surface area contributed by atoms with Gasteiger partial charge >= 0.3 is 0 Å². The van der Waals surface area contributed by atoms with Crippen LogP contribution >= 0.6 is 11.6 Å².